The van der Waals surface area contributed by atoms with Crippen LogP contribution >= 0.6 is 0 Å². The van der Waals surface area contributed by atoms with Crippen molar-refractivity contribution in [3.8, 4) is 0 Å². The van der Waals surface area contributed by atoms with Crippen molar-refractivity contribution in [2.45, 2.75) is 0 Å². The maximum atomic E-state index is 11.9. The van der Waals surface area contributed by atoms with Gasteiger partial charge in [-0.1, -0.05) is 6.07 Å². The minimum absolute atomic E-state index is 0.256. The second kappa shape index (κ2) is 5.17. The minimum Gasteiger partial charge on any atom is -0.481 e. The Morgan fingerprint density at radius 2 is 2.05 bits per heavy atom. The lowest BCUT2D eigenvalue weighted by Gasteiger charge is -2.36. The van der Waals surface area contributed by atoms with Crippen LogP contribution in [0.3, 0.4) is 0 Å². The van der Waals surface area contributed by atoms with E-state index in [1.54, 1.807) is 6.07 Å². The number of hydrogen-bond acceptors (Lipinski definition) is 3. The van der Waals surface area contributed by atoms with E-state index in [2.05, 4.69) is 5.32 Å². The molecule has 1 aliphatic heterocycles. The summed E-state index contributed by atoms with van der Waals surface area (Å²) >= 11 is 0. The Hall–Kier alpha value is -2.24. The van der Waals surface area contributed by atoms with E-state index in [1.807, 2.05) is 37.2 Å². The van der Waals surface area contributed by atoms with E-state index in [9.17, 15) is 9.59 Å². The zero-order valence-electron chi connectivity index (χ0n) is 11.0. The Bertz CT molecular complexity index is 496. The second-order valence-corrected chi connectivity index (χ2v) is 4.82. The highest BCUT2D eigenvalue weighted by Crippen LogP contribution is 2.20. The Morgan fingerprint density at radius 3 is 2.63 bits per heavy atom. The summed E-state index contributed by atoms with van der Waals surface area (Å²) in [6.07, 6.45) is 0. The van der Waals surface area contributed by atoms with Gasteiger partial charge in [0.05, 0.1) is 5.92 Å². The van der Waals surface area contributed by atoms with E-state index < -0.39 is 11.9 Å². The summed E-state index contributed by atoms with van der Waals surface area (Å²) in [4.78, 5) is 25.9. The van der Waals surface area contributed by atoms with Crippen LogP contribution in [0.5, 0.6) is 0 Å². The van der Waals surface area contributed by atoms with Crippen LogP contribution < -0.4 is 10.2 Å². The number of carboxylic acids is 1. The molecule has 6 nitrogen and oxygen atoms in total. The number of carbonyl (C=O) groups excluding carboxylic acids is 1. The molecule has 1 heterocycles. The number of rotatable bonds is 3. The first-order chi connectivity index (χ1) is 8.97. The van der Waals surface area contributed by atoms with E-state index >= 15 is 0 Å². The molecule has 1 saturated heterocycles. The van der Waals surface area contributed by atoms with Crippen molar-refractivity contribution in [2.24, 2.45) is 5.92 Å². The first kappa shape index (κ1) is 13.2. The van der Waals surface area contributed by atoms with Gasteiger partial charge in [-0.3, -0.25) is 4.79 Å². The van der Waals surface area contributed by atoms with Gasteiger partial charge >= 0.3 is 12.0 Å². The van der Waals surface area contributed by atoms with Crippen molar-refractivity contribution in [3.63, 3.8) is 0 Å². The van der Waals surface area contributed by atoms with Crippen LogP contribution in [0.2, 0.25) is 0 Å². The molecule has 102 valence electrons. The lowest BCUT2D eigenvalue weighted by Crippen LogP contribution is -2.54. The lowest BCUT2D eigenvalue weighted by molar-refractivity contribution is -0.145. The molecule has 0 atom stereocenters. The van der Waals surface area contributed by atoms with Crippen molar-refractivity contribution in [1.29, 1.82) is 0 Å². The largest absolute Gasteiger partial charge is 0.481 e. The summed E-state index contributed by atoms with van der Waals surface area (Å²) in [6.45, 7) is 0.545. The Labute approximate surface area is 111 Å². The van der Waals surface area contributed by atoms with Crippen molar-refractivity contribution < 1.29 is 14.7 Å². The molecule has 1 aromatic carbocycles. The van der Waals surface area contributed by atoms with Gasteiger partial charge in [0.2, 0.25) is 0 Å². The standard InChI is InChI=1S/C13H17N3O3/c1-15(2)11-5-3-4-10(6-11)14-13(19)16-7-9(8-16)12(17)18/h3-6,9H,7-8H2,1-2H3,(H,14,19)(H,17,18). The van der Waals surface area contributed by atoms with Gasteiger partial charge in [0, 0.05) is 38.6 Å². The third-order valence-corrected chi connectivity index (χ3v) is 3.13. The van der Waals surface area contributed by atoms with Crippen LogP contribution in [0.4, 0.5) is 16.2 Å². The summed E-state index contributed by atoms with van der Waals surface area (Å²) in [6, 6.07) is 7.22. The van der Waals surface area contributed by atoms with Gasteiger partial charge in [-0.25, -0.2) is 4.79 Å². The number of hydrogen-bond donors (Lipinski definition) is 2. The monoisotopic (exact) mass is 263 g/mol. The molecule has 2 N–H and O–H groups in total. The molecule has 0 aromatic heterocycles. The highest BCUT2D eigenvalue weighted by molar-refractivity contribution is 5.91. The number of aliphatic carboxylic acids is 1. The third kappa shape index (κ3) is 2.96. The van der Waals surface area contributed by atoms with Crippen LogP contribution in [-0.2, 0) is 4.79 Å². The smallest absolute Gasteiger partial charge is 0.321 e. The predicted molar refractivity (Wildman–Crippen MR) is 72.5 cm³/mol. The number of benzene rings is 1. The summed E-state index contributed by atoms with van der Waals surface area (Å²) in [7, 11) is 3.85. The number of nitrogens with zero attached hydrogens (tertiary/aromatic N) is 2. The molecule has 1 aromatic rings. The number of urea groups is 1. The number of anilines is 2. The molecule has 2 amide bonds. The molecule has 19 heavy (non-hydrogen) atoms. The van der Waals surface area contributed by atoms with Crippen LogP contribution in [-0.4, -0.2) is 49.2 Å². The number of carbonyl (C=O) groups is 2. The van der Waals surface area contributed by atoms with Crippen molar-refractivity contribution in [3.05, 3.63) is 24.3 Å². The van der Waals surface area contributed by atoms with Crippen molar-refractivity contribution in [2.75, 3.05) is 37.4 Å². The fourth-order valence-electron chi connectivity index (χ4n) is 1.86. The minimum atomic E-state index is -0.848. The average Bonchev–Trinajstić information content (AvgIpc) is 2.26. The first-order valence-electron chi connectivity index (χ1n) is 6.03. The molecule has 2 rings (SSSR count). The average molecular weight is 263 g/mol. The van der Waals surface area contributed by atoms with Crippen LogP contribution in [0, 0.1) is 5.92 Å². The molecule has 6 heteroatoms. The lowest BCUT2D eigenvalue weighted by atomic mass is 10.0. The zero-order chi connectivity index (χ0) is 14.0. The van der Waals surface area contributed by atoms with E-state index in [0.29, 0.717) is 5.69 Å². The molecule has 1 fully saturated rings. The molecule has 0 radical (unpaired) electrons. The molecular weight excluding hydrogens is 246 g/mol. The SMILES string of the molecule is CN(C)c1cccc(NC(=O)N2CC(C(=O)O)C2)c1. The number of carboxylic acid groups (broad SMARTS) is 1. The van der Waals surface area contributed by atoms with E-state index in [4.69, 9.17) is 5.11 Å². The van der Waals surface area contributed by atoms with E-state index in [0.717, 1.165) is 5.69 Å². The summed E-state index contributed by atoms with van der Waals surface area (Å²) in [5, 5.41) is 11.5. The Kier molecular flexibility index (Phi) is 3.59. The van der Waals surface area contributed by atoms with Gasteiger partial charge in [-0.15, -0.1) is 0 Å². The Balaban J connectivity index is 1.93. The molecule has 0 spiro atoms. The maximum Gasteiger partial charge on any atom is 0.321 e. The molecule has 0 saturated carbocycles. The van der Waals surface area contributed by atoms with Gasteiger partial charge in [0.1, 0.15) is 0 Å². The van der Waals surface area contributed by atoms with Gasteiger partial charge < -0.3 is 20.2 Å². The van der Waals surface area contributed by atoms with Gasteiger partial charge in [-0.2, -0.15) is 0 Å². The van der Waals surface area contributed by atoms with Crippen molar-refractivity contribution in [1.82, 2.24) is 4.90 Å². The maximum absolute atomic E-state index is 11.9. The number of likely N-dealkylation sites (tertiary alicyclic amines) is 1. The Morgan fingerprint density at radius 1 is 1.37 bits per heavy atom. The normalized spacial score (nSPS) is 14.7. The van der Waals surface area contributed by atoms with Crippen molar-refractivity contribution >= 4 is 23.4 Å². The van der Waals surface area contributed by atoms with Gasteiger partial charge in [0.15, 0.2) is 0 Å². The van der Waals surface area contributed by atoms with E-state index in [-0.39, 0.29) is 19.1 Å². The number of nitrogens with one attached hydrogen (secondary N) is 1. The van der Waals surface area contributed by atoms with Crippen LogP contribution in [0.1, 0.15) is 0 Å². The summed E-state index contributed by atoms with van der Waals surface area (Å²) < 4.78 is 0. The molecule has 1 aliphatic rings. The van der Waals surface area contributed by atoms with Crippen LogP contribution in [0.15, 0.2) is 24.3 Å². The zero-order valence-corrected chi connectivity index (χ0v) is 11.0. The molecule has 0 unspecified atom stereocenters. The summed E-state index contributed by atoms with van der Waals surface area (Å²) in [5.41, 5.74) is 1.69. The highest BCUT2D eigenvalue weighted by atomic mass is 16.4. The molecule has 0 aliphatic carbocycles. The second-order valence-electron chi connectivity index (χ2n) is 4.82. The quantitative estimate of drug-likeness (QED) is 0.862. The topological polar surface area (TPSA) is 72.9 Å². The molecule has 0 bridgehead atoms. The van der Waals surface area contributed by atoms with Crippen LogP contribution in [0.25, 0.3) is 0 Å². The fraction of sp³-hybridized carbons (Fsp3) is 0.385. The van der Waals surface area contributed by atoms with Gasteiger partial charge in [0.25, 0.3) is 0 Å². The third-order valence-electron chi connectivity index (χ3n) is 3.13. The highest BCUT2D eigenvalue weighted by Gasteiger charge is 2.35. The summed E-state index contributed by atoms with van der Waals surface area (Å²) in [5.74, 6) is -1.28. The van der Waals surface area contributed by atoms with E-state index in [1.165, 1.54) is 4.90 Å². The first-order valence-corrected chi connectivity index (χ1v) is 6.03. The molecular formula is C13H17N3O3. The fourth-order valence-corrected chi connectivity index (χ4v) is 1.86. The number of amides is 2. The predicted octanol–water partition coefficient (Wildman–Crippen LogP) is 1.30. The van der Waals surface area contributed by atoms with Gasteiger partial charge in [-0.05, 0) is 18.2 Å².